The summed E-state index contributed by atoms with van der Waals surface area (Å²) in [7, 11) is 0. The van der Waals surface area contributed by atoms with E-state index < -0.39 is 4.92 Å². The molecular formula is C16H23N3O4. The second-order valence-corrected chi connectivity index (χ2v) is 6.42. The average Bonchev–Trinajstić information content (AvgIpc) is 2.53. The molecule has 1 fully saturated rings. The Morgan fingerprint density at radius 1 is 1.48 bits per heavy atom. The Morgan fingerprint density at radius 3 is 2.91 bits per heavy atom. The van der Waals surface area contributed by atoms with Crippen LogP contribution in [0.15, 0.2) is 24.3 Å². The van der Waals surface area contributed by atoms with Crippen LogP contribution in [0.5, 0.6) is 0 Å². The van der Waals surface area contributed by atoms with Crippen LogP contribution in [0, 0.1) is 15.5 Å². The summed E-state index contributed by atoms with van der Waals surface area (Å²) in [5.74, 6) is -0.240. The summed E-state index contributed by atoms with van der Waals surface area (Å²) in [5.41, 5.74) is 0.0143. The third-order valence-electron chi connectivity index (χ3n) is 4.27. The van der Waals surface area contributed by atoms with Gasteiger partial charge in [0.05, 0.1) is 4.92 Å². The molecule has 0 bridgehead atoms. The van der Waals surface area contributed by atoms with Crippen LogP contribution in [0.1, 0.15) is 26.2 Å². The molecule has 0 spiro atoms. The van der Waals surface area contributed by atoms with Gasteiger partial charge in [-0.1, -0.05) is 19.1 Å². The lowest BCUT2D eigenvalue weighted by atomic mass is 9.83. The number of hydrogen-bond acceptors (Lipinski definition) is 5. The number of piperidine rings is 1. The first-order valence-electron chi connectivity index (χ1n) is 7.80. The summed E-state index contributed by atoms with van der Waals surface area (Å²) >= 11 is 0. The van der Waals surface area contributed by atoms with Crippen molar-refractivity contribution in [1.82, 2.24) is 4.90 Å². The number of aliphatic hydroxyl groups is 1. The van der Waals surface area contributed by atoms with Crippen LogP contribution < -0.4 is 5.32 Å². The summed E-state index contributed by atoms with van der Waals surface area (Å²) in [6.07, 6.45) is 2.26. The minimum Gasteiger partial charge on any atom is -0.396 e. The first kappa shape index (κ1) is 17.4. The molecule has 1 saturated heterocycles. The van der Waals surface area contributed by atoms with Crippen molar-refractivity contribution in [2.24, 2.45) is 5.41 Å². The molecule has 2 rings (SSSR count). The zero-order chi connectivity index (χ0) is 16.9. The van der Waals surface area contributed by atoms with Gasteiger partial charge in [-0.3, -0.25) is 14.9 Å². The van der Waals surface area contributed by atoms with Crippen molar-refractivity contribution in [2.45, 2.75) is 26.2 Å². The van der Waals surface area contributed by atoms with Crippen LogP contribution in [-0.4, -0.2) is 47.1 Å². The molecule has 1 aromatic rings. The number of benzene rings is 1. The van der Waals surface area contributed by atoms with Gasteiger partial charge in [0.25, 0.3) is 5.69 Å². The number of carbonyl (C=O) groups is 1. The standard InChI is InChI=1S/C16H23N3O4/c1-16(12-20)8-4-9-18(11-16)10-7-15(21)17-13-5-2-3-6-14(13)19(22)23/h2-3,5-6,20H,4,7-12H2,1H3,(H,17,21). The molecular weight excluding hydrogens is 298 g/mol. The first-order chi connectivity index (χ1) is 10.9. The topological polar surface area (TPSA) is 95.7 Å². The molecule has 0 radical (unpaired) electrons. The molecule has 7 heteroatoms. The summed E-state index contributed by atoms with van der Waals surface area (Å²) in [5, 5.41) is 23.0. The molecule has 1 atom stereocenters. The number of nitro groups is 1. The lowest BCUT2D eigenvalue weighted by molar-refractivity contribution is -0.383. The van der Waals surface area contributed by atoms with Crippen molar-refractivity contribution in [3.05, 3.63) is 34.4 Å². The number of carbonyl (C=O) groups excluding carboxylic acids is 1. The minimum atomic E-state index is -0.507. The highest BCUT2D eigenvalue weighted by Crippen LogP contribution is 2.28. The molecule has 2 N–H and O–H groups in total. The van der Waals surface area contributed by atoms with Gasteiger partial charge in [0.1, 0.15) is 5.69 Å². The SMILES string of the molecule is CC1(CO)CCCN(CCC(=O)Nc2ccccc2[N+](=O)[O-])C1. The Labute approximate surface area is 135 Å². The number of aliphatic hydroxyl groups excluding tert-OH is 1. The smallest absolute Gasteiger partial charge is 0.292 e. The van der Waals surface area contributed by atoms with E-state index in [-0.39, 0.29) is 35.7 Å². The lowest BCUT2D eigenvalue weighted by Gasteiger charge is -2.39. The maximum Gasteiger partial charge on any atom is 0.292 e. The fourth-order valence-corrected chi connectivity index (χ4v) is 2.96. The van der Waals surface area contributed by atoms with Crippen molar-refractivity contribution in [3.8, 4) is 0 Å². The quantitative estimate of drug-likeness (QED) is 0.617. The van der Waals surface area contributed by atoms with E-state index >= 15 is 0 Å². The van der Waals surface area contributed by atoms with E-state index in [1.807, 2.05) is 6.92 Å². The van der Waals surface area contributed by atoms with Crippen LogP contribution >= 0.6 is 0 Å². The van der Waals surface area contributed by atoms with E-state index in [9.17, 15) is 20.0 Å². The van der Waals surface area contributed by atoms with Crippen molar-refractivity contribution in [1.29, 1.82) is 0 Å². The van der Waals surface area contributed by atoms with E-state index in [0.29, 0.717) is 6.54 Å². The van der Waals surface area contributed by atoms with Crippen LogP contribution in [0.3, 0.4) is 0 Å². The van der Waals surface area contributed by atoms with Crippen LogP contribution in [0.2, 0.25) is 0 Å². The summed E-state index contributed by atoms with van der Waals surface area (Å²) in [6.45, 7) is 4.46. The third-order valence-corrected chi connectivity index (χ3v) is 4.27. The Morgan fingerprint density at radius 2 is 2.22 bits per heavy atom. The Balaban J connectivity index is 1.87. The van der Waals surface area contributed by atoms with Gasteiger partial charge in [-0.15, -0.1) is 0 Å². The highest BCUT2D eigenvalue weighted by atomic mass is 16.6. The molecule has 7 nitrogen and oxygen atoms in total. The van der Waals surface area contributed by atoms with E-state index in [1.54, 1.807) is 12.1 Å². The van der Waals surface area contributed by atoms with Crippen molar-refractivity contribution < 1.29 is 14.8 Å². The van der Waals surface area contributed by atoms with Crippen LogP contribution in [0.25, 0.3) is 0 Å². The lowest BCUT2D eigenvalue weighted by Crippen LogP contribution is -2.44. The molecule has 1 aliphatic rings. The summed E-state index contributed by atoms with van der Waals surface area (Å²) < 4.78 is 0. The fraction of sp³-hybridized carbons (Fsp3) is 0.562. The van der Waals surface area contributed by atoms with Crippen molar-refractivity contribution in [3.63, 3.8) is 0 Å². The average molecular weight is 321 g/mol. The van der Waals surface area contributed by atoms with Gasteiger partial charge in [-0.25, -0.2) is 0 Å². The predicted octanol–water partition coefficient (Wildman–Crippen LogP) is 2.02. The summed E-state index contributed by atoms with van der Waals surface area (Å²) in [6, 6.07) is 6.11. The second kappa shape index (κ2) is 7.52. The summed E-state index contributed by atoms with van der Waals surface area (Å²) in [4.78, 5) is 24.6. The van der Waals surface area contributed by atoms with Crippen LogP contribution in [0.4, 0.5) is 11.4 Å². The molecule has 0 aromatic heterocycles. The molecule has 0 aliphatic carbocycles. The number of nitrogens with one attached hydrogen (secondary N) is 1. The van der Waals surface area contributed by atoms with E-state index in [2.05, 4.69) is 10.2 Å². The van der Waals surface area contributed by atoms with Gasteiger partial charge in [-0.2, -0.15) is 0 Å². The number of rotatable bonds is 6. The van der Waals surface area contributed by atoms with E-state index in [4.69, 9.17) is 0 Å². The molecule has 1 unspecified atom stereocenters. The molecule has 126 valence electrons. The number of amides is 1. The number of nitro benzene ring substituents is 1. The molecule has 1 aliphatic heterocycles. The van der Waals surface area contributed by atoms with Gasteiger partial charge in [0.15, 0.2) is 0 Å². The monoisotopic (exact) mass is 321 g/mol. The maximum atomic E-state index is 12.1. The number of anilines is 1. The highest BCUT2D eigenvalue weighted by Gasteiger charge is 2.30. The van der Waals surface area contributed by atoms with Gasteiger partial charge < -0.3 is 15.3 Å². The first-order valence-corrected chi connectivity index (χ1v) is 7.80. The van der Waals surface area contributed by atoms with Gasteiger partial charge >= 0.3 is 0 Å². The fourth-order valence-electron chi connectivity index (χ4n) is 2.96. The molecule has 1 aromatic carbocycles. The molecule has 23 heavy (non-hydrogen) atoms. The largest absolute Gasteiger partial charge is 0.396 e. The van der Waals surface area contributed by atoms with Crippen molar-refractivity contribution in [2.75, 3.05) is 31.6 Å². The number of para-hydroxylation sites is 2. The van der Waals surface area contributed by atoms with Crippen molar-refractivity contribution >= 4 is 17.3 Å². The zero-order valence-corrected chi connectivity index (χ0v) is 13.3. The van der Waals surface area contributed by atoms with Gasteiger partial charge in [-0.05, 0) is 25.5 Å². The van der Waals surface area contributed by atoms with Gasteiger partial charge in [0, 0.05) is 37.6 Å². The van der Waals surface area contributed by atoms with E-state index in [1.165, 1.54) is 12.1 Å². The Hall–Kier alpha value is -1.99. The number of hydrogen-bond donors (Lipinski definition) is 2. The molecule has 1 amide bonds. The third kappa shape index (κ3) is 4.74. The molecule has 0 saturated carbocycles. The maximum absolute atomic E-state index is 12.1. The number of likely N-dealkylation sites (tertiary alicyclic amines) is 1. The minimum absolute atomic E-state index is 0.104. The van der Waals surface area contributed by atoms with E-state index in [0.717, 1.165) is 25.9 Å². The van der Waals surface area contributed by atoms with Gasteiger partial charge in [0.2, 0.25) is 5.91 Å². The number of nitrogens with zero attached hydrogens (tertiary/aromatic N) is 2. The normalized spacial score (nSPS) is 21.8. The van der Waals surface area contributed by atoms with Crippen LogP contribution in [-0.2, 0) is 4.79 Å². The highest BCUT2D eigenvalue weighted by molar-refractivity contribution is 5.93. The zero-order valence-electron chi connectivity index (χ0n) is 13.3. The Kier molecular flexibility index (Phi) is 5.68. The Bertz CT molecular complexity index is 578. The second-order valence-electron chi connectivity index (χ2n) is 6.42. The predicted molar refractivity (Wildman–Crippen MR) is 87.2 cm³/mol. The molecule has 1 heterocycles.